The maximum absolute atomic E-state index is 10.7. The van der Waals surface area contributed by atoms with Crippen molar-refractivity contribution >= 4 is 87.5 Å². The van der Waals surface area contributed by atoms with E-state index in [1.165, 1.54) is 50.4 Å². The zero-order valence-corrected chi connectivity index (χ0v) is 25.0. The van der Waals surface area contributed by atoms with Crippen molar-refractivity contribution in [2.45, 2.75) is 13.0 Å². The van der Waals surface area contributed by atoms with Crippen molar-refractivity contribution in [3.8, 4) is 17.2 Å². The lowest BCUT2D eigenvalue weighted by Crippen LogP contribution is -2.22. The summed E-state index contributed by atoms with van der Waals surface area (Å²) in [5.74, 6) is -2.55. The quantitative estimate of drug-likeness (QED) is 0.216. The van der Waals surface area contributed by atoms with Crippen LogP contribution < -0.4 is 14.2 Å². The second-order valence-electron chi connectivity index (χ2n) is 7.17. The van der Waals surface area contributed by atoms with Crippen molar-refractivity contribution in [1.29, 1.82) is 0 Å². The number of carbonyl (C=O) groups is 3. The Balaban J connectivity index is 0.000000300. The summed E-state index contributed by atoms with van der Waals surface area (Å²) in [5.41, 5.74) is -0.114. The fraction of sp³-hybridized carbons (Fsp3) is 0.160. The predicted octanol–water partition coefficient (Wildman–Crippen LogP) is 8.00. The molecule has 0 radical (unpaired) electrons. The molecule has 0 bridgehead atoms. The number of aliphatic carboxylic acids is 2. The predicted molar refractivity (Wildman–Crippen MR) is 154 cm³/mol. The maximum Gasteiger partial charge on any atom is 0.344 e. The molecule has 15 heteroatoms. The number of hydrogen-bond donors (Lipinski definition) is 3. The highest BCUT2D eigenvalue weighted by Gasteiger charge is 2.18. The molecule has 1 atom stereocenters. The molecule has 0 aliphatic rings. The molecule has 3 rings (SSSR count). The van der Waals surface area contributed by atoms with E-state index in [1.54, 1.807) is 12.1 Å². The monoisotopic (exact) mass is 674 g/mol. The van der Waals surface area contributed by atoms with Crippen molar-refractivity contribution in [2.24, 2.45) is 0 Å². The number of carboxylic acid groups (broad SMARTS) is 3. The molecule has 216 valence electrons. The highest BCUT2D eigenvalue weighted by molar-refractivity contribution is 6.37. The number of hydrogen-bond acceptors (Lipinski definition) is 6. The molecule has 0 heterocycles. The lowest BCUT2D eigenvalue weighted by molar-refractivity contribution is -0.144. The summed E-state index contributed by atoms with van der Waals surface area (Å²) >= 11 is 34.1. The number of rotatable bonds is 8. The van der Waals surface area contributed by atoms with Gasteiger partial charge in [0.05, 0.1) is 27.2 Å². The minimum absolute atomic E-state index is 0.0849. The number of benzene rings is 3. The van der Waals surface area contributed by atoms with E-state index >= 15 is 0 Å². The van der Waals surface area contributed by atoms with E-state index < -0.39 is 30.6 Å². The van der Waals surface area contributed by atoms with Gasteiger partial charge in [0.2, 0.25) is 0 Å². The zero-order chi connectivity index (χ0) is 30.6. The summed E-state index contributed by atoms with van der Waals surface area (Å²) in [6.07, 6.45) is -0.936. The van der Waals surface area contributed by atoms with Crippen LogP contribution in [-0.2, 0) is 9.59 Å². The summed E-state index contributed by atoms with van der Waals surface area (Å²) in [6, 6.07) is 12.1. The van der Waals surface area contributed by atoms with E-state index in [1.807, 2.05) is 0 Å². The molecule has 3 aromatic rings. The van der Waals surface area contributed by atoms with Crippen LogP contribution in [0.3, 0.4) is 0 Å². The van der Waals surface area contributed by atoms with E-state index in [-0.39, 0.29) is 21.4 Å². The molecule has 0 saturated carbocycles. The first-order chi connectivity index (χ1) is 18.7. The number of aromatic carboxylic acids is 1. The molecular formula is C25H20Cl6O9. The first-order valence-electron chi connectivity index (χ1n) is 10.6. The summed E-state index contributed by atoms with van der Waals surface area (Å²) in [4.78, 5) is 31.4. The Morgan fingerprint density at radius 3 is 1.65 bits per heavy atom. The van der Waals surface area contributed by atoms with Crippen LogP contribution in [-0.4, -0.2) is 53.0 Å². The summed E-state index contributed by atoms with van der Waals surface area (Å²) < 4.78 is 14.8. The average molecular weight is 677 g/mol. The Morgan fingerprint density at radius 2 is 1.25 bits per heavy atom. The second kappa shape index (κ2) is 17.1. The lowest BCUT2D eigenvalue weighted by Gasteiger charge is -2.11. The van der Waals surface area contributed by atoms with Crippen LogP contribution in [0.5, 0.6) is 17.2 Å². The van der Waals surface area contributed by atoms with Gasteiger partial charge in [-0.25, -0.2) is 14.4 Å². The normalized spacial score (nSPS) is 10.6. The van der Waals surface area contributed by atoms with Gasteiger partial charge in [0.25, 0.3) is 0 Å². The molecular weight excluding hydrogens is 657 g/mol. The largest absolute Gasteiger partial charge is 0.494 e. The number of methoxy groups -OCH3 is 1. The molecule has 0 aromatic heterocycles. The van der Waals surface area contributed by atoms with E-state index in [0.717, 1.165) is 0 Å². The summed E-state index contributed by atoms with van der Waals surface area (Å²) in [7, 11) is 1.34. The van der Waals surface area contributed by atoms with Gasteiger partial charge < -0.3 is 29.5 Å². The highest BCUT2D eigenvalue weighted by atomic mass is 35.5. The lowest BCUT2D eigenvalue weighted by atomic mass is 10.2. The molecule has 0 aliphatic carbocycles. The molecule has 0 aliphatic heterocycles. The van der Waals surface area contributed by atoms with Crippen LogP contribution in [0.25, 0.3) is 0 Å². The van der Waals surface area contributed by atoms with Gasteiger partial charge in [-0.15, -0.1) is 0 Å². The molecule has 1 unspecified atom stereocenters. The van der Waals surface area contributed by atoms with E-state index in [2.05, 4.69) is 0 Å². The fourth-order valence-electron chi connectivity index (χ4n) is 2.48. The van der Waals surface area contributed by atoms with Gasteiger partial charge in [-0.1, -0.05) is 69.6 Å². The van der Waals surface area contributed by atoms with Crippen molar-refractivity contribution < 1.29 is 43.9 Å². The number of halogens is 6. The minimum atomic E-state index is -1.16. The SMILES string of the molecule is CC(Oc1ccc(Cl)cc1Cl)C(=O)O.COc1c(Cl)ccc(Cl)c1C(=O)O.O=C(O)COc1ccc(Cl)cc1Cl. The molecule has 3 N–H and O–H groups in total. The van der Waals surface area contributed by atoms with E-state index in [4.69, 9.17) is 99.1 Å². The number of carboxylic acids is 3. The van der Waals surface area contributed by atoms with Crippen LogP contribution in [0.4, 0.5) is 0 Å². The summed E-state index contributed by atoms with van der Waals surface area (Å²) in [6.45, 7) is 1.01. The van der Waals surface area contributed by atoms with Gasteiger partial charge in [-0.2, -0.15) is 0 Å². The molecule has 0 spiro atoms. The van der Waals surface area contributed by atoms with E-state index in [0.29, 0.717) is 31.6 Å². The van der Waals surface area contributed by atoms with Gasteiger partial charge in [-0.05, 0) is 55.5 Å². The van der Waals surface area contributed by atoms with Gasteiger partial charge in [0.1, 0.15) is 17.1 Å². The van der Waals surface area contributed by atoms with Crippen molar-refractivity contribution in [3.63, 3.8) is 0 Å². The topological polar surface area (TPSA) is 140 Å². The van der Waals surface area contributed by atoms with Crippen LogP contribution in [0.15, 0.2) is 48.5 Å². The third-order valence-corrected chi connectivity index (χ3v) is 5.94. The van der Waals surface area contributed by atoms with E-state index in [9.17, 15) is 14.4 Å². The van der Waals surface area contributed by atoms with Crippen LogP contribution in [0.1, 0.15) is 17.3 Å². The van der Waals surface area contributed by atoms with Crippen LogP contribution in [0, 0.1) is 0 Å². The van der Waals surface area contributed by atoms with Gasteiger partial charge >= 0.3 is 17.9 Å². The average Bonchev–Trinajstić information content (AvgIpc) is 2.86. The standard InChI is InChI=1S/C9H8Cl2O3.2C8H6Cl2O3/c1-5(9(12)13)14-8-3-2-6(10)4-7(8)11;1-13-7-5(10)3-2-4(9)6(7)8(11)12;9-5-1-2-7(6(10)3-5)13-4-8(11)12/h2-5H,1H3,(H,12,13);2-3H,1H3,(H,11,12);1-3H,4H2,(H,11,12). The third kappa shape index (κ3) is 11.8. The Labute approximate surface area is 258 Å². The Kier molecular flexibility index (Phi) is 15.1. The Morgan fingerprint density at radius 1 is 0.750 bits per heavy atom. The van der Waals surface area contributed by atoms with Gasteiger partial charge in [0, 0.05) is 10.0 Å². The molecule has 0 amide bonds. The maximum atomic E-state index is 10.7. The van der Waals surface area contributed by atoms with Crippen molar-refractivity contribution in [1.82, 2.24) is 0 Å². The van der Waals surface area contributed by atoms with Crippen LogP contribution in [0.2, 0.25) is 30.1 Å². The minimum Gasteiger partial charge on any atom is -0.494 e. The van der Waals surface area contributed by atoms with Crippen molar-refractivity contribution in [3.05, 3.63) is 84.2 Å². The van der Waals surface area contributed by atoms with Gasteiger partial charge in [0.15, 0.2) is 18.5 Å². The third-order valence-electron chi connectivity index (χ3n) is 4.27. The second-order valence-corrected chi connectivity index (χ2v) is 9.67. The molecule has 40 heavy (non-hydrogen) atoms. The Hall–Kier alpha value is -2.79. The number of ether oxygens (including phenoxy) is 3. The fourth-order valence-corrected chi connectivity index (χ4v) is 3.86. The van der Waals surface area contributed by atoms with Gasteiger partial charge in [-0.3, -0.25) is 0 Å². The molecule has 9 nitrogen and oxygen atoms in total. The molecule has 0 fully saturated rings. The first kappa shape index (κ1) is 35.2. The zero-order valence-electron chi connectivity index (χ0n) is 20.5. The first-order valence-corrected chi connectivity index (χ1v) is 12.8. The molecule has 3 aromatic carbocycles. The van der Waals surface area contributed by atoms with Crippen molar-refractivity contribution in [2.75, 3.05) is 13.7 Å². The van der Waals surface area contributed by atoms with Crippen LogP contribution >= 0.6 is 69.6 Å². The highest BCUT2D eigenvalue weighted by Crippen LogP contribution is 2.33. The molecule has 0 saturated heterocycles. The Bertz CT molecular complexity index is 1350. The smallest absolute Gasteiger partial charge is 0.344 e. The summed E-state index contributed by atoms with van der Waals surface area (Å²) in [5, 5.41) is 27.6.